The third-order valence-corrected chi connectivity index (χ3v) is 4.52. The Balaban J connectivity index is 1.92. The van der Waals surface area contributed by atoms with Crippen LogP contribution in [0.5, 0.6) is 0 Å². The monoisotopic (exact) mass is 347 g/mol. The molecule has 0 aliphatic rings. The van der Waals surface area contributed by atoms with Crippen LogP contribution in [0.4, 0.5) is 11.4 Å². The number of hydrogen-bond donors (Lipinski definition) is 2. The molecular formula is C14H10BrN3OS. The van der Waals surface area contributed by atoms with E-state index in [4.69, 9.17) is 5.73 Å². The maximum Gasteiger partial charge on any atom is 0.267 e. The number of carbonyl (C=O) groups excluding carboxylic acids is 1. The van der Waals surface area contributed by atoms with Crippen molar-refractivity contribution in [3.63, 3.8) is 0 Å². The lowest BCUT2D eigenvalue weighted by atomic mass is 10.2. The second kappa shape index (κ2) is 5.22. The Morgan fingerprint density at radius 1 is 1.25 bits per heavy atom. The molecule has 0 radical (unpaired) electrons. The molecule has 1 aromatic carbocycles. The standard InChI is InChI=1S/C14H10BrN3OS/c15-8-1-3-9(4-2-8)18-14(19)13-12(16)10-5-6-17-7-11(10)20-13/h1-7H,16H2,(H,18,19). The second-order valence-electron chi connectivity index (χ2n) is 4.18. The number of halogens is 1. The number of hydrogen-bond acceptors (Lipinski definition) is 4. The van der Waals surface area contributed by atoms with Gasteiger partial charge >= 0.3 is 0 Å². The average molecular weight is 348 g/mol. The van der Waals surface area contributed by atoms with Gasteiger partial charge in [-0.15, -0.1) is 11.3 Å². The molecule has 0 fully saturated rings. The first kappa shape index (κ1) is 13.1. The lowest BCUT2D eigenvalue weighted by Crippen LogP contribution is -2.11. The van der Waals surface area contributed by atoms with Crippen LogP contribution in [0, 0.1) is 0 Å². The number of thiophene rings is 1. The SMILES string of the molecule is Nc1c(C(=O)Nc2ccc(Br)cc2)sc2cnccc12. The summed E-state index contributed by atoms with van der Waals surface area (Å²) in [4.78, 5) is 16.8. The van der Waals surface area contributed by atoms with E-state index < -0.39 is 0 Å². The predicted octanol–water partition coefficient (Wildman–Crippen LogP) is 3.89. The average Bonchev–Trinajstić information content (AvgIpc) is 2.79. The van der Waals surface area contributed by atoms with Crippen LogP contribution in [0.15, 0.2) is 47.2 Å². The summed E-state index contributed by atoms with van der Waals surface area (Å²) in [6.45, 7) is 0. The second-order valence-corrected chi connectivity index (χ2v) is 6.15. The highest BCUT2D eigenvalue weighted by atomic mass is 79.9. The number of rotatable bonds is 2. The fraction of sp³-hybridized carbons (Fsp3) is 0. The van der Waals surface area contributed by atoms with Crippen LogP contribution in [0.2, 0.25) is 0 Å². The highest BCUT2D eigenvalue weighted by molar-refractivity contribution is 9.10. The van der Waals surface area contributed by atoms with Gasteiger partial charge in [0.1, 0.15) is 4.88 Å². The van der Waals surface area contributed by atoms with Crippen LogP contribution in [-0.2, 0) is 0 Å². The third kappa shape index (κ3) is 2.39. The fourth-order valence-corrected chi connectivity index (χ4v) is 3.11. The number of nitrogens with zero attached hydrogens (tertiary/aromatic N) is 1. The van der Waals surface area contributed by atoms with Crippen molar-refractivity contribution in [1.82, 2.24) is 4.98 Å². The molecule has 3 N–H and O–H groups in total. The Labute approximate surface area is 127 Å². The number of nitrogens with one attached hydrogen (secondary N) is 1. The van der Waals surface area contributed by atoms with Gasteiger partial charge in [0.15, 0.2) is 0 Å². The van der Waals surface area contributed by atoms with Crippen LogP contribution >= 0.6 is 27.3 Å². The lowest BCUT2D eigenvalue weighted by molar-refractivity contribution is 0.103. The van der Waals surface area contributed by atoms with Crippen LogP contribution in [0.3, 0.4) is 0 Å². The zero-order chi connectivity index (χ0) is 14.1. The van der Waals surface area contributed by atoms with E-state index in [0.717, 1.165) is 20.2 Å². The molecule has 0 spiro atoms. The van der Waals surface area contributed by atoms with Gasteiger partial charge < -0.3 is 11.1 Å². The lowest BCUT2D eigenvalue weighted by Gasteiger charge is -2.04. The summed E-state index contributed by atoms with van der Waals surface area (Å²) in [7, 11) is 0. The van der Waals surface area contributed by atoms with E-state index in [9.17, 15) is 4.79 Å². The zero-order valence-corrected chi connectivity index (χ0v) is 12.7. The highest BCUT2D eigenvalue weighted by Crippen LogP contribution is 2.33. The third-order valence-electron chi connectivity index (χ3n) is 2.84. The van der Waals surface area contributed by atoms with Crippen molar-refractivity contribution in [2.45, 2.75) is 0 Å². The van der Waals surface area contributed by atoms with E-state index in [2.05, 4.69) is 26.2 Å². The van der Waals surface area contributed by atoms with Crippen molar-refractivity contribution in [2.75, 3.05) is 11.1 Å². The number of pyridine rings is 1. The first-order chi connectivity index (χ1) is 9.65. The summed E-state index contributed by atoms with van der Waals surface area (Å²) in [5.74, 6) is -0.203. The van der Waals surface area contributed by atoms with E-state index >= 15 is 0 Å². The van der Waals surface area contributed by atoms with Crippen molar-refractivity contribution in [3.05, 3.63) is 52.1 Å². The minimum atomic E-state index is -0.203. The van der Waals surface area contributed by atoms with Gasteiger partial charge in [0.2, 0.25) is 0 Å². The van der Waals surface area contributed by atoms with E-state index in [1.807, 2.05) is 30.3 Å². The van der Waals surface area contributed by atoms with Crippen LogP contribution < -0.4 is 11.1 Å². The van der Waals surface area contributed by atoms with E-state index in [0.29, 0.717) is 10.6 Å². The van der Waals surface area contributed by atoms with Gasteiger partial charge in [-0.1, -0.05) is 15.9 Å². The summed E-state index contributed by atoms with van der Waals surface area (Å²) in [6, 6.07) is 9.21. The summed E-state index contributed by atoms with van der Waals surface area (Å²) in [5, 5.41) is 3.70. The van der Waals surface area contributed by atoms with Gasteiger partial charge in [-0.05, 0) is 30.3 Å². The van der Waals surface area contributed by atoms with Gasteiger partial charge in [0, 0.05) is 27.9 Å². The summed E-state index contributed by atoms with van der Waals surface area (Å²) in [5.41, 5.74) is 7.26. The van der Waals surface area contributed by atoms with E-state index in [-0.39, 0.29) is 5.91 Å². The molecule has 3 rings (SSSR count). The van der Waals surface area contributed by atoms with Crippen molar-refractivity contribution in [2.24, 2.45) is 0 Å². The number of amides is 1. The Kier molecular flexibility index (Phi) is 3.42. The van der Waals surface area contributed by atoms with Gasteiger partial charge in [-0.2, -0.15) is 0 Å². The number of carbonyl (C=O) groups is 1. The number of nitrogens with two attached hydrogens (primary N) is 1. The number of aromatic nitrogens is 1. The molecule has 0 saturated carbocycles. The number of nitrogen functional groups attached to an aromatic ring is 1. The van der Waals surface area contributed by atoms with Gasteiger partial charge in [-0.3, -0.25) is 9.78 Å². The summed E-state index contributed by atoms with van der Waals surface area (Å²) >= 11 is 4.70. The Morgan fingerprint density at radius 2 is 2.00 bits per heavy atom. The topological polar surface area (TPSA) is 68.0 Å². The molecule has 100 valence electrons. The first-order valence-corrected chi connectivity index (χ1v) is 7.45. The minimum absolute atomic E-state index is 0.203. The van der Waals surface area contributed by atoms with Crippen molar-refractivity contribution >= 4 is 54.6 Å². The molecule has 0 atom stereocenters. The minimum Gasteiger partial charge on any atom is -0.397 e. The Morgan fingerprint density at radius 3 is 2.70 bits per heavy atom. The van der Waals surface area contributed by atoms with E-state index in [1.165, 1.54) is 11.3 Å². The maximum absolute atomic E-state index is 12.3. The van der Waals surface area contributed by atoms with Gasteiger partial charge in [0.25, 0.3) is 5.91 Å². The quantitative estimate of drug-likeness (QED) is 0.738. The smallest absolute Gasteiger partial charge is 0.267 e. The van der Waals surface area contributed by atoms with Crippen LogP contribution in [0.1, 0.15) is 9.67 Å². The molecule has 0 aliphatic carbocycles. The number of fused-ring (bicyclic) bond motifs is 1. The molecule has 0 aliphatic heterocycles. The molecule has 2 heterocycles. The maximum atomic E-state index is 12.3. The Bertz CT molecular complexity index is 783. The summed E-state index contributed by atoms with van der Waals surface area (Å²) in [6.07, 6.45) is 3.38. The molecule has 0 unspecified atom stereocenters. The molecular weight excluding hydrogens is 338 g/mol. The number of benzene rings is 1. The highest BCUT2D eigenvalue weighted by Gasteiger charge is 2.16. The van der Waals surface area contributed by atoms with Crippen LogP contribution in [0.25, 0.3) is 10.1 Å². The molecule has 20 heavy (non-hydrogen) atoms. The molecule has 6 heteroatoms. The predicted molar refractivity (Wildman–Crippen MR) is 86.1 cm³/mol. The number of anilines is 2. The van der Waals surface area contributed by atoms with E-state index in [1.54, 1.807) is 12.4 Å². The first-order valence-electron chi connectivity index (χ1n) is 5.84. The van der Waals surface area contributed by atoms with Gasteiger partial charge in [-0.25, -0.2) is 0 Å². The molecule has 2 aromatic heterocycles. The van der Waals surface area contributed by atoms with Crippen molar-refractivity contribution in [1.29, 1.82) is 0 Å². The zero-order valence-electron chi connectivity index (χ0n) is 10.3. The molecule has 1 amide bonds. The fourth-order valence-electron chi connectivity index (χ4n) is 1.86. The van der Waals surface area contributed by atoms with Gasteiger partial charge in [0.05, 0.1) is 10.4 Å². The molecule has 3 aromatic rings. The Hall–Kier alpha value is -1.92. The molecule has 0 bridgehead atoms. The van der Waals surface area contributed by atoms with Crippen molar-refractivity contribution in [3.8, 4) is 0 Å². The normalized spacial score (nSPS) is 10.7. The largest absolute Gasteiger partial charge is 0.397 e. The molecule has 4 nitrogen and oxygen atoms in total. The van der Waals surface area contributed by atoms with Crippen molar-refractivity contribution < 1.29 is 4.79 Å². The molecule has 0 saturated heterocycles. The van der Waals surface area contributed by atoms with Crippen LogP contribution in [-0.4, -0.2) is 10.9 Å². The summed E-state index contributed by atoms with van der Waals surface area (Å²) < 4.78 is 1.87.